The van der Waals surface area contributed by atoms with Gasteiger partial charge in [0.2, 0.25) is 5.91 Å². The summed E-state index contributed by atoms with van der Waals surface area (Å²) in [6.45, 7) is 3.90. The van der Waals surface area contributed by atoms with Gasteiger partial charge in [-0.3, -0.25) is 19.4 Å². The van der Waals surface area contributed by atoms with E-state index in [2.05, 4.69) is 27.1 Å². The summed E-state index contributed by atoms with van der Waals surface area (Å²) in [4.78, 5) is 21.6. The molecular formula is C18H23N5O. The fraction of sp³-hybridized carbons (Fsp3) is 0.500. The Bertz CT molecular complexity index is 755. The average molecular weight is 325 g/mol. The second kappa shape index (κ2) is 6.02. The molecule has 126 valence electrons. The molecule has 24 heavy (non-hydrogen) atoms. The molecule has 2 fully saturated rings. The molecule has 2 aliphatic heterocycles. The number of nitrogens with zero attached hydrogens (tertiary/aromatic N) is 5. The van der Waals surface area contributed by atoms with Gasteiger partial charge in [-0.2, -0.15) is 5.10 Å². The first-order valence-electron chi connectivity index (χ1n) is 8.59. The molecule has 2 saturated heterocycles. The smallest absolute Gasteiger partial charge is 0.227 e. The van der Waals surface area contributed by atoms with Gasteiger partial charge in [-0.1, -0.05) is 6.07 Å². The van der Waals surface area contributed by atoms with Crippen molar-refractivity contribution in [1.82, 2.24) is 19.7 Å². The molecule has 6 nitrogen and oxygen atoms in total. The number of piperidine rings is 1. The van der Waals surface area contributed by atoms with Crippen LogP contribution in [0.1, 0.15) is 30.7 Å². The Hall–Kier alpha value is -2.21. The molecule has 6 heteroatoms. The average Bonchev–Trinajstić information content (AvgIpc) is 3.14. The number of hydrogen-bond donors (Lipinski definition) is 0. The van der Waals surface area contributed by atoms with Gasteiger partial charge in [-0.15, -0.1) is 0 Å². The molecule has 0 bridgehead atoms. The number of fused-ring (bicyclic) bond motifs is 1. The van der Waals surface area contributed by atoms with Crippen LogP contribution in [0.15, 0.2) is 30.6 Å². The minimum atomic E-state index is 0.222. The number of amides is 1. The van der Waals surface area contributed by atoms with E-state index in [4.69, 9.17) is 0 Å². The second-order valence-corrected chi connectivity index (χ2v) is 6.84. The van der Waals surface area contributed by atoms with E-state index < -0.39 is 0 Å². The minimum absolute atomic E-state index is 0.222. The third-order valence-electron chi connectivity index (χ3n) is 5.16. The maximum absolute atomic E-state index is 12.5. The highest BCUT2D eigenvalue weighted by atomic mass is 16.2. The van der Waals surface area contributed by atoms with Gasteiger partial charge < -0.3 is 4.90 Å². The monoisotopic (exact) mass is 325 g/mol. The Kier molecular flexibility index (Phi) is 3.84. The lowest BCUT2D eigenvalue weighted by atomic mass is 9.96. The molecule has 2 aromatic rings. The first-order valence-corrected chi connectivity index (χ1v) is 8.59. The van der Waals surface area contributed by atoms with Crippen molar-refractivity contribution < 1.29 is 4.79 Å². The topological polar surface area (TPSA) is 54.3 Å². The number of pyridine rings is 1. The predicted octanol–water partition coefficient (Wildman–Crippen LogP) is 1.89. The Morgan fingerprint density at radius 2 is 2.12 bits per heavy atom. The molecule has 0 unspecified atom stereocenters. The summed E-state index contributed by atoms with van der Waals surface area (Å²) in [6.07, 6.45) is 6.28. The van der Waals surface area contributed by atoms with Crippen LogP contribution in [0.2, 0.25) is 0 Å². The lowest BCUT2D eigenvalue weighted by Crippen LogP contribution is -2.52. The molecule has 2 aromatic heterocycles. The molecular weight excluding hydrogens is 302 g/mol. The molecule has 2 aliphatic rings. The van der Waals surface area contributed by atoms with Crippen molar-refractivity contribution in [3.05, 3.63) is 42.0 Å². The number of carbonyl (C=O) groups excluding carboxylic acids is 1. The van der Waals surface area contributed by atoms with Gasteiger partial charge in [0.1, 0.15) is 0 Å². The van der Waals surface area contributed by atoms with Gasteiger partial charge in [0.25, 0.3) is 0 Å². The van der Waals surface area contributed by atoms with E-state index in [1.807, 2.05) is 31.1 Å². The van der Waals surface area contributed by atoms with E-state index in [0.717, 1.165) is 43.0 Å². The van der Waals surface area contributed by atoms with Crippen molar-refractivity contribution in [2.24, 2.45) is 7.05 Å². The molecule has 0 radical (unpaired) electrons. The molecule has 2 atom stereocenters. The number of hydrogen-bond acceptors (Lipinski definition) is 4. The van der Waals surface area contributed by atoms with E-state index in [1.165, 1.54) is 0 Å². The summed E-state index contributed by atoms with van der Waals surface area (Å²) >= 11 is 0. The van der Waals surface area contributed by atoms with Crippen LogP contribution in [0.3, 0.4) is 0 Å². The number of carbonyl (C=O) groups is 1. The van der Waals surface area contributed by atoms with Crippen LogP contribution in [-0.4, -0.2) is 44.2 Å². The first kappa shape index (κ1) is 15.3. The second-order valence-electron chi connectivity index (χ2n) is 6.84. The van der Waals surface area contributed by atoms with E-state index in [1.54, 1.807) is 10.9 Å². The number of anilines is 1. The van der Waals surface area contributed by atoms with Crippen molar-refractivity contribution in [3.63, 3.8) is 0 Å². The van der Waals surface area contributed by atoms with Crippen LogP contribution in [0.5, 0.6) is 0 Å². The number of rotatable bonds is 3. The molecule has 0 spiro atoms. The van der Waals surface area contributed by atoms with Crippen LogP contribution in [-0.2, 0) is 18.4 Å². The third kappa shape index (κ3) is 2.71. The maximum atomic E-state index is 12.5. The Labute approximate surface area is 142 Å². The Morgan fingerprint density at radius 3 is 2.88 bits per heavy atom. The standard InChI is InChI=1S/C18H23N5O/c1-13-4-3-5-14(20-13)11-22-9-8-17-16(22)6-7-18(24)23(17)15-10-19-21(2)12-15/h3-5,10,12,16-17H,6-9,11H2,1-2H3/t16-,17-/m1/s1. The molecule has 0 aromatic carbocycles. The normalized spacial score (nSPS) is 24.4. The maximum Gasteiger partial charge on any atom is 0.227 e. The lowest BCUT2D eigenvalue weighted by Gasteiger charge is -2.39. The Morgan fingerprint density at radius 1 is 1.25 bits per heavy atom. The molecule has 0 aliphatic carbocycles. The van der Waals surface area contributed by atoms with Crippen molar-refractivity contribution in [1.29, 1.82) is 0 Å². The fourth-order valence-corrected chi connectivity index (χ4v) is 4.11. The minimum Gasteiger partial charge on any atom is -0.305 e. The SMILES string of the molecule is Cc1cccc(CN2CC[C@@H]3[C@H]2CCC(=O)N3c2cnn(C)c2)n1. The van der Waals surface area contributed by atoms with Gasteiger partial charge in [0, 0.05) is 44.5 Å². The number of likely N-dealkylation sites (tertiary alicyclic amines) is 1. The van der Waals surface area contributed by atoms with Crippen LogP contribution < -0.4 is 4.90 Å². The van der Waals surface area contributed by atoms with Gasteiger partial charge >= 0.3 is 0 Å². The van der Waals surface area contributed by atoms with E-state index in [9.17, 15) is 4.79 Å². The molecule has 0 N–H and O–H groups in total. The van der Waals surface area contributed by atoms with Crippen LogP contribution in [0.25, 0.3) is 0 Å². The van der Waals surface area contributed by atoms with Gasteiger partial charge in [-0.25, -0.2) is 0 Å². The third-order valence-corrected chi connectivity index (χ3v) is 5.16. The Balaban J connectivity index is 1.55. The number of aryl methyl sites for hydroxylation is 2. The molecule has 4 rings (SSSR count). The van der Waals surface area contributed by atoms with Crippen molar-refractivity contribution in [2.45, 2.75) is 44.8 Å². The van der Waals surface area contributed by atoms with Gasteiger partial charge in [-0.05, 0) is 31.9 Å². The van der Waals surface area contributed by atoms with Crippen molar-refractivity contribution in [3.8, 4) is 0 Å². The largest absolute Gasteiger partial charge is 0.305 e. The van der Waals surface area contributed by atoms with E-state index >= 15 is 0 Å². The summed E-state index contributed by atoms with van der Waals surface area (Å²) < 4.78 is 1.76. The van der Waals surface area contributed by atoms with Gasteiger partial charge in [0.15, 0.2) is 0 Å². The van der Waals surface area contributed by atoms with Crippen molar-refractivity contribution >= 4 is 11.6 Å². The van der Waals surface area contributed by atoms with E-state index in [0.29, 0.717) is 12.5 Å². The fourth-order valence-electron chi connectivity index (χ4n) is 4.11. The zero-order valence-corrected chi connectivity index (χ0v) is 14.2. The predicted molar refractivity (Wildman–Crippen MR) is 91.5 cm³/mol. The molecule has 1 amide bonds. The summed E-state index contributed by atoms with van der Waals surface area (Å²) in [5.74, 6) is 0.222. The summed E-state index contributed by atoms with van der Waals surface area (Å²) in [6, 6.07) is 6.84. The highest BCUT2D eigenvalue weighted by molar-refractivity contribution is 5.94. The summed E-state index contributed by atoms with van der Waals surface area (Å²) in [5, 5.41) is 4.24. The zero-order valence-electron chi connectivity index (χ0n) is 14.2. The highest BCUT2D eigenvalue weighted by Crippen LogP contribution is 2.35. The van der Waals surface area contributed by atoms with Gasteiger partial charge in [0.05, 0.1) is 23.6 Å². The van der Waals surface area contributed by atoms with E-state index in [-0.39, 0.29) is 11.9 Å². The van der Waals surface area contributed by atoms with Crippen LogP contribution in [0.4, 0.5) is 5.69 Å². The quantitative estimate of drug-likeness (QED) is 0.865. The number of aromatic nitrogens is 3. The van der Waals surface area contributed by atoms with Crippen LogP contribution >= 0.6 is 0 Å². The highest BCUT2D eigenvalue weighted by Gasteiger charge is 2.43. The lowest BCUT2D eigenvalue weighted by molar-refractivity contribution is -0.120. The van der Waals surface area contributed by atoms with Crippen LogP contribution in [0, 0.1) is 6.92 Å². The zero-order chi connectivity index (χ0) is 16.7. The summed E-state index contributed by atoms with van der Waals surface area (Å²) in [5.41, 5.74) is 3.09. The first-order chi connectivity index (χ1) is 11.6. The molecule has 0 saturated carbocycles. The summed E-state index contributed by atoms with van der Waals surface area (Å²) in [7, 11) is 1.89. The molecule has 4 heterocycles. The van der Waals surface area contributed by atoms with Crippen molar-refractivity contribution in [2.75, 3.05) is 11.4 Å².